The van der Waals surface area contributed by atoms with Gasteiger partial charge in [-0.1, -0.05) is 30.3 Å². The van der Waals surface area contributed by atoms with E-state index in [2.05, 4.69) is 34.5 Å². The first-order chi connectivity index (χ1) is 10.3. The van der Waals surface area contributed by atoms with E-state index in [1.54, 1.807) is 0 Å². The monoisotopic (exact) mass is 304 g/mol. The van der Waals surface area contributed by atoms with Gasteiger partial charge in [0.25, 0.3) is 0 Å². The molecule has 0 spiro atoms. The van der Waals surface area contributed by atoms with Crippen LogP contribution in [0, 0.1) is 5.92 Å². The van der Waals surface area contributed by atoms with Crippen molar-refractivity contribution in [3.63, 3.8) is 0 Å². The Hall–Kier alpha value is -1.00. The predicted molar refractivity (Wildman–Crippen MR) is 88.4 cm³/mol. The van der Waals surface area contributed by atoms with Crippen LogP contribution in [0.25, 0.3) is 0 Å². The average molecular weight is 304 g/mol. The highest BCUT2D eigenvalue weighted by molar-refractivity contribution is 7.99. The van der Waals surface area contributed by atoms with Crippen molar-refractivity contribution >= 4 is 17.7 Å². The average Bonchev–Trinajstić information content (AvgIpc) is 3.07. The molecule has 21 heavy (non-hydrogen) atoms. The zero-order valence-corrected chi connectivity index (χ0v) is 13.3. The highest BCUT2D eigenvalue weighted by Gasteiger charge is 2.28. The van der Waals surface area contributed by atoms with Gasteiger partial charge in [0, 0.05) is 24.5 Å². The topological polar surface area (TPSA) is 32.3 Å². The molecule has 0 bridgehead atoms. The summed E-state index contributed by atoms with van der Waals surface area (Å²) in [6.45, 7) is 3.10. The van der Waals surface area contributed by atoms with Crippen molar-refractivity contribution in [3.05, 3.63) is 35.9 Å². The minimum atomic E-state index is 0.263. The molecule has 1 amide bonds. The summed E-state index contributed by atoms with van der Waals surface area (Å²) in [5, 5.41) is 3.38. The van der Waals surface area contributed by atoms with Crippen molar-refractivity contribution in [3.8, 4) is 0 Å². The normalized spacial score (nSPS) is 26.0. The van der Waals surface area contributed by atoms with E-state index in [4.69, 9.17) is 0 Å². The predicted octanol–water partition coefficient (Wildman–Crippen LogP) is 2.69. The molecule has 0 aromatic heterocycles. The number of nitrogens with zero attached hydrogens (tertiary/aromatic N) is 1. The second kappa shape index (κ2) is 7.32. The van der Waals surface area contributed by atoms with Gasteiger partial charge in [-0.3, -0.25) is 4.79 Å². The molecule has 2 saturated heterocycles. The van der Waals surface area contributed by atoms with Crippen molar-refractivity contribution in [2.24, 2.45) is 5.92 Å². The van der Waals surface area contributed by atoms with Crippen LogP contribution in [-0.4, -0.2) is 41.9 Å². The van der Waals surface area contributed by atoms with E-state index < -0.39 is 0 Å². The second-order valence-electron chi connectivity index (χ2n) is 5.99. The van der Waals surface area contributed by atoms with Crippen LogP contribution in [-0.2, 0) is 4.79 Å². The second-order valence-corrected chi connectivity index (χ2v) is 7.14. The van der Waals surface area contributed by atoms with Crippen LogP contribution < -0.4 is 5.32 Å². The molecule has 2 aliphatic heterocycles. The number of nitrogens with one attached hydrogen (secondary N) is 1. The van der Waals surface area contributed by atoms with Crippen molar-refractivity contribution in [1.82, 2.24) is 10.2 Å². The molecular formula is C17H24N2OS. The van der Waals surface area contributed by atoms with Gasteiger partial charge in [-0.05, 0) is 37.4 Å². The molecule has 2 unspecified atom stereocenters. The summed E-state index contributed by atoms with van der Waals surface area (Å²) in [6, 6.07) is 10.7. The van der Waals surface area contributed by atoms with Gasteiger partial charge in [0.1, 0.15) is 0 Å². The summed E-state index contributed by atoms with van der Waals surface area (Å²) >= 11 is 1.96. The lowest BCUT2D eigenvalue weighted by molar-refractivity contribution is -0.133. The zero-order chi connectivity index (χ0) is 14.5. The van der Waals surface area contributed by atoms with Gasteiger partial charge in [-0.15, -0.1) is 0 Å². The van der Waals surface area contributed by atoms with Crippen molar-refractivity contribution in [1.29, 1.82) is 0 Å². The Kier molecular flexibility index (Phi) is 5.20. The molecule has 2 aliphatic rings. The zero-order valence-electron chi connectivity index (χ0n) is 12.5. The number of hydrogen-bond donors (Lipinski definition) is 1. The summed E-state index contributed by atoms with van der Waals surface area (Å²) in [7, 11) is 0. The fourth-order valence-corrected chi connectivity index (χ4v) is 4.37. The number of hydrogen-bond acceptors (Lipinski definition) is 3. The molecule has 2 heterocycles. The lowest BCUT2D eigenvalue weighted by atomic mass is 10.0. The van der Waals surface area contributed by atoms with E-state index in [0.29, 0.717) is 18.2 Å². The van der Waals surface area contributed by atoms with Crippen molar-refractivity contribution in [2.45, 2.75) is 25.3 Å². The summed E-state index contributed by atoms with van der Waals surface area (Å²) < 4.78 is 0. The van der Waals surface area contributed by atoms with Gasteiger partial charge in [0.05, 0.1) is 6.04 Å². The first kappa shape index (κ1) is 14.9. The molecule has 1 aromatic rings. The number of amides is 1. The summed E-state index contributed by atoms with van der Waals surface area (Å²) in [5.41, 5.74) is 1.28. The van der Waals surface area contributed by atoms with E-state index in [0.717, 1.165) is 37.6 Å². The summed E-state index contributed by atoms with van der Waals surface area (Å²) in [4.78, 5) is 14.8. The molecule has 114 valence electrons. The van der Waals surface area contributed by atoms with Gasteiger partial charge < -0.3 is 10.2 Å². The van der Waals surface area contributed by atoms with Gasteiger partial charge >= 0.3 is 0 Å². The van der Waals surface area contributed by atoms with E-state index in [1.807, 2.05) is 17.8 Å². The molecular weight excluding hydrogens is 280 g/mol. The van der Waals surface area contributed by atoms with Gasteiger partial charge in [0.2, 0.25) is 5.91 Å². The smallest absolute Gasteiger partial charge is 0.223 e. The van der Waals surface area contributed by atoms with Crippen molar-refractivity contribution in [2.75, 3.05) is 31.1 Å². The molecule has 0 aliphatic carbocycles. The molecule has 1 N–H and O–H groups in total. The number of rotatable bonds is 4. The molecule has 0 saturated carbocycles. The van der Waals surface area contributed by atoms with Crippen LogP contribution in [0.5, 0.6) is 0 Å². The van der Waals surface area contributed by atoms with Gasteiger partial charge in [-0.25, -0.2) is 0 Å². The molecule has 0 radical (unpaired) electrons. The third kappa shape index (κ3) is 3.80. The maximum atomic E-state index is 12.6. The van der Waals surface area contributed by atoms with E-state index >= 15 is 0 Å². The highest BCUT2D eigenvalue weighted by Crippen LogP contribution is 2.30. The Morgan fingerprint density at radius 1 is 1.33 bits per heavy atom. The third-order valence-corrected chi connectivity index (χ3v) is 5.58. The third-order valence-electron chi connectivity index (χ3n) is 4.56. The van der Waals surface area contributed by atoms with Crippen LogP contribution in [0.15, 0.2) is 30.3 Å². The van der Waals surface area contributed by atoms with Crippen molar-refractivity contribution < 1.29 is 4.79 Å². The molecule has 3 nitrogen and oxygen atoms in total. The fraction of sp³-hybridized carbons (Fsp3) is 0.588. The van der Waals surface area contributed by atoms with E-state index in [-0.39, 0.29) is 6.04 Å². The fourth-order valence-electron chi connectivity index (χ4n) is 3.29. The molecule has 2 fully saturated rings. The maximum Gasteiger partial charge on any atom is 0.223 e. The molecule has 4 heteroatoms. The largest absolute Gasteiger partial charge is 0.334 e. The minimum absolute atomic E-state index is 0.263. The molecule has 2 atom stereocenters. The minimum Gasteiger partial charge on any atom is -0.334 e. The highest BCUT2D eigenvalue weighted by atomic mass is 32.2. The molecule has 1 aromatic carbocycles. The Morgan fingerprint density at radius 2 is 2.19 bits per heavy atom. The number of thioether (sulfide) groups is 1. The lowest BCUT2D eigenvalue weighted by Crippen LogP contribution is -2.40. The van der Waals surface area contributed by atoms with Gasteiger partial charge in [-0.2, -0.15) is 11.8 Å². The van der Waals surface area contributed by atoms with Crippen LogP contribution >= 0.6 is 11.8 Å². The van der Waals surface area contributed by atoms with Gasteiger partial charge in [0.15, 0.2) is 0 Å². The first-order valence-electron chi connectivity index (χ1n) is 7.97. The number of carbonyl (C=O) groups is 1. The molecule has 3 rings (SSSR count). The number of carbonyl (C=O) groups excluding carboxylic acids is 1. The van der Waals surface area contributed by atoms with Crippen LogP contribution in [0.2, 0.25) is 0 Å². The van der Waals surface area contributed by atoms with Crippen LogP contribution in [0.3, 0.4) is 0 Å². The standard InChI is InChI=1S/C17H24N2OS/c20-17(7-6-14-8-9-18-12-14)19-10-11-21-13-16(19)15-4-2-1-3-5-15/h1-5,14,16,18H,6-13H2. The summed E-state index contributed by atoms with van der Waals surface area (Å²) in [6.07, 6.45) is 2.97. The summed E-state index contributed by atoms with van der Waals surface area (Å²) in [5.74, 6) is 3.14. The Bertz CT molecular complexity index is 459. The quantitative estimate of drug-likeness (QED) is 0.928. The van der Waals surface area contributed by atoms with Crippen LogP contribution in [0.4, 0.5) is 0 Å². The maximum absolute atomic E-state index is 12.6. The SMILES string of the molecule is O=C(CCC1CCNC1)N1CCSCC1c1ccccc1. The van der Waals surface area contributed by atoms with E-state index in [9.17, 15) is 4.79 Å². The Labute approximate surface area is 131 Å². The van der Waals surface area contributed by atoms with Crippen LogP contribution in [0.1, 0.15) is 30.9 Å². The Morgan fingerprint density at radius 3 is 2.95 bits per heavy atom. The van der Waals surface area contributed by atoms with E-state index in [1.165, 1.54) is 12.0 Å². The Balaban J connectivity index is 1.61. The number of benzene rings is 1. The lowest BCUT2D eigenvalue weighted by Gasteiger charge is -2.36. The first-order valence-corrected chi connectivity index (χ1v) is 9.13.